The van der Waals surface area contributed by atoms with Crippen molar-refractivity contribution in [3.63, 3.8) is 0 Å². The molecule has 0 aromatic rings. The van der Waals surface area contributed by atoms with Crippen LogP contribution in [0.1, 0.15) is 0 Å². The smallest absolute Gasteiger partial charge is 0.142 e. The number of allylic oxidation sites excluding steroid dienone is 2. The van der Waals surface area contributed by atoms with E-state index in [4.69, 9.17) is 10.5 Å². The predicted molar refractivity (Wildman–Crippen MR) is 46.5 cm³/mol. The topological polar surface area (TPSA) is 35.2 Å². The lowest BCUT2D eigenvalue weighted by Gasteiger charge is -2.03. The lowest BCUT2D eigenvalue weighted by atomic mass is 10.4. The van der Waals surface area contributed by atoms with Crippen LogP contribution >= 0.6 is 15.9 Å². The minimum absolute atomic E-state index is 0.392. The van der Waals surface area contributed by atoms with E-state index in [0.29, 0.717) is 15.9 Å². The summed E-state index contributed by atoms with van der Waals surface area (Å²) >= 11 is 3.14. The Labute approximate surface area is 69.2 Å². The van der Waals surface area contributed by atoms with Gasteiger partial charge in [-0.25, -0.2) is 0 Å². The van der Waals surface area contributed by atoms with Crippen molar-refractivity contribution < 1.29 is 4.74 Å². The zero-order valence-corrected chi connectivity index (χ0v) is 7.44. The van der Waals surface area contributed by atoms with Gasteiger partial charge < -0.3 is 10.5 Å². The highest BCUT2D eigenvalue weighted by molar-refractivity contribution is 9.11. The summed E-state index contributed by atoms with van der Waals surface area (Å²) in [5.74, 6) is 0.530. The van der Waals surface area contributed by atoms with Crippen molar-refractivity contribution >= 4 is 15.9 Å². The maximum Gasteiger partial charge on any atom is 0.142 e. The Bertz CT molecular complexity index is 184. The lowest BCUT2D eigenvalue weighted by Crippen LogP contribution is -2.00. The summed E-state index contributed by atoms with van der Waals surface area (Å²) in [5, 5.41) is 0. The third-order valence-corrected chi connectivity index (χ3v) is 1.05. The molecule has 2 N–H and O–H groups in total. The molecule has 3 heteroatoms. The van der Waals surface area contributed by atoms with Gasteiger partial charge in [-0.1, -0.05) is 29.1 Å². The van der Waals surface area contributed by atoms with Crippen LogP contribution in [0.4, 0.5) is 0 Å². The molecular weight excluding hydrogens is 194 g/mol. The van der Waals surface area contributed by atoms with E-state index in [1.165, 1.54) is 7.11 Å². The first kappa shape index (κ1) is 9.30. The van der Waals surface area contributed by atoms with E-state index in [1.807, 2.05) is 0 Å². The van der Waals surface area contributed by atoms with Crippen LogP contribution in [0.5, 0.6) is 0 Å². The number of halogens is 1. The van der Waals surface area contributed by atoms with E-state index in [-0.39, 0.29) is 0 Å². The highest BCUT2D eigenvalue weighted by atomic mass is 79.9. The van der Waals surface area contributed by atoms with Crippen LogP contribution in [-0.4, -0.2) is 7.11 Å². The number of rotatable bonds is 3. The number of hydrogen-bond donors (Lipinski definition) is 1. The summed E-state index contributed by atoms with van der Waals surface area (Å²) in [6, 6.07) is 0. The van der Waals surface area contributed by atoms with Crippen molar-refractivity contribution in [2.75, 3.05) is 7.11 Å². The first-order chi connectivity index (χ1) is 4.57. The molecule has 0 spiro atoms. The Morgan fingerprint density at radius 1 is 1.60 bits per heavy atom. The average molecular weight is 204 g/mol. The van der Waals surface area contributed by atoms with Crippen LogP contribution in [0.3, 0.4) is 0 Å². The van der Waals surface area contributed by atoms with Crippen LogP contribution < -0.4 is 5.73 Å². The molecule has 0 bridgehead atoms. The standard InChI is InChI=1S/C7H10BrNO/c1-5(8)4-7(10-3)6(2)9/h4H,1-2,9H2,3H3/b7-4+. The molecule has 0 aliphatic rings. The molecule has 0 amide bonds. The van der Waals surface area contributed by atoms with Gasteiger partial charge in [0, 0.05) is 4.48 Å². The van der Waals surface area contributed by atoms with Crippen LogP contribution in [0.25, 0.3) is 0 Å². The molecule has 2 nitrogen and oxygen atoms in total. The molecule has 0 aromatic carbocycles. The summed E-state index contributed by atoms with van der Waals surface area (Å²) in [6.07, 6.45) is 1.66. The average Bonchev–Trinajstić information content (AvgIpc) is 1.81. The summed E-state index contributed by atoms with van der Waals surface area (Å²) in [4.78, 5) is 0. The molecule has 0 fully saturated rings. The van der Waals surface area contributed by atoms with Crippen molar-refractivity contribution in [2.24, 2.45) is 5.73 Å². The van der Waals surface area contributed by atoms with Crippen molar-refractivity contribution in [2.45, 2.75) is 0 Å². The van der Waals surface area contributed by atoms with E-state index >= 15 is 0 Å². The number of methoxy groups -OCH3 is 1. The Morgan fingerprint density at radius 2 is 2.10 bits per heavy atom. The van der Waals surface area contributed by atoms with Gasteiger partial charge in [0.1, 0.15) is 5.76 Å². The second kappa shape index (κ2) is 4.17. The molecule has 0 aliphatic carbocycles. The lowest BCUT2D eigenvalue weighted by molar-refractivity contribution is 0.300. The summed E-state index contributed by atoms with van der Waals surface area (Å²) in [7, 11) is 1.53. The Kier molecular flexibility index (Phi) is 3.88. The van der Waals surface area contributed by atoms with Crippen molar-refractivity contribution in [3.05, 3.63) is 35.2 Å². The van der Waals surface area contributed by atoms with Gasteiger partial charge in [0.15, 0.2) is 0 Å². The molecule has 0 heterocycles. The predicted octanol–water partition coefficient (Wildman–Crippen LogP) is 1.90. The maximum absolute atomic E-state index is 5.35. The molecule has 0 atom stereocenters. The molecule has 0 saturated heterocycles. The van der Waals surface area contributed by atoms with Crippen molar-refractivity contribution in [1.82, 2.24) is 0 Å². The third kappa shape index (κ3) is 3.35. The first-order valence-electron chi connectivity index (χ1n) is 2.62. The van der Waals surface area contributed by atoms with Crippen LogP contribution in [-0.2, 0) is 4.74 Å². The van der Waals surface area contributed by atoms with Gasteiger partial charge in [0.25, 0.3) is 0 Å². The van der Waals surface area contributed by atoms with Crippen LogP contribution in [0, 0.1) is 0 Å². The monoisotopic (exact) mass is 203 g/mol. The minimum atomic E-state index is 0.392. The molecule has 0 aromatic heterocycles. The Hall–Kier alpha value is -0.700. The largest absolute Gasteiger partial charge is 0.495 e. The minimum Gasteiger partial charge on any atom is -0.495 e. The molecule has 10 heavy (non-hydrogen) atoms. The fourth-order valence-electron chi connectivity index (χ4n) is 0.425. The number of hydrogen-bond acceptors (Lipinski definition) is 2. The quantitative estimate of drug-likeness (QED) is 0.562. The molecular formula is C7H10BrNO. The zero-order valence-electron chi connectivity index (χ0n) is 5.86. The second-order valence-electron chi connectivity index (χ2n) is 1.68. The van der Waals surface area contributed by atoms with Crippen molar-refractivity contribution in [1.29, 1.82) is 0 Å². The molecule has 0 rings (SSSR count). The summed E-state index contributed by atoms with van der Waals surface area (Å²) in [5.41, 5.74) is 5.74. The fraction of sp³-hybridized carbons (Fsp3) is 0.143. The molecule has 0 aliphatic heterocycles. The van der Waals surface area contributed by atoms with Gasteiger partial charge in [-0.15, -0.1) is 0 Å². The van der Waals surface area contributed by atoms with E-state index in [1.54, 1.807) is 6.08 Å². The van der Waals surface area contributed by atoms with Gasteiger partial charge in [-0.2, -0.15) is 0 Å². The normalized spacial score (nSPS) is 10.8. The van der Waals surface area contributed by atoms with Gasteiger partial charge in [0.05, 0.1) is 12.8 Å². The molecule has 0 unspecified atom stereocenters. The Balaban J connectivity index is 4.34. The maximum atomic E-state index is 5.35. The highest BCUT2D eigenvalue weighted by Crippen LogP contribution is 2.10. The second-order valence-corrected chi connectivity index (χ2v) is 2.70. The van der Waals surface area contributed by atoms with E-state index in [0.717, 1.165) is 0 Å². The first-order valence-corrected chi connectivity index (χ1v) is 3.42. The fourth-order valence-corrected chi connectivity index (χ4v) is 0.633. The van der Waals surface area contributed by atoms with E-state index < -0.39 is 0 Å². The molecule has 0 radical (unpaired) electrons. The van der Waals surface area contributed by atoms with Crippen LogP contribution in [0.2, 0.25) is 0 Å². The summed E-state index contributed by atoms with van der Waals surface area (Å²) < 4.78 is 5.57. The highest BCUT2D eigenvalue weighted by Gasteiger charge is 1.95. The van der Waals surface area contributed by atoms with Gasteiger partial charge in [0.2, 0.25) is 0 Å². The molecule has 0 saturated carbocycles. The SMILES string of the molecule is C=C(Br)/C=C(/OC)C(=C)N. The van der Waals surface area contributed by atoms with E-state index in [2.05, 4.69) is 29.1 Å². The summed E-state index contributed by atoms with van der Waals surface area (Å²) in [6.45, 7) is 7.09. The van der Waals surface area contributed by atoms with Crippen molar-refractivity contribution in [3.8, 4) is 0 Å². The van der Waals surface area contributed by atoms with Gasteiger partial charge in [-0.3, -0.25) is 0 Å². The van der Waals surface area contributed by atoms with Crippen LogP contribution in [0.15, 0.2) is 35.2 Å². The number of nitrogens with two attached hydrogens (primary N) is 1. The Morgan fingerprint density at radius 3 is 2.20 bits per heavy atom. The zero-order chi connectivity index (χ0) is 8.15. The van der Waals surface area contributed by atoms with Gasteiger partial charge >= 0.3 is 0 Å². The van der Waals surface area contributed by atoms with E-state index in [9.17, 15) is 0 Å². The molecule has 56 valence electrons. The van der Waals surface area contributed by atoms with Gasteiger partial charge in [-0.05, 0) is 6.08 Å². The number of ether oxygens (including phenoxy) is 1. The third-order valence-electron chi connectivity index (χ3n) is 0.824.